The Labute approximate surface area is 221 Å². The topological polar surface area (TPSA) is 158 Å². The third-order valence-corrected chi connectivity index (χ3v) is 4.88. The van der Waals surface area contributed by atoms with Gasteiger partial charge in [0.1, 0.15) is 18.2 Å². The van der Waals surface area contributed by atoms with Gasteiger partial charge in [-0.25, -0.2) is 9.59 Å². The normalized spacial score (nSPS) is 12.2. The first kappa shape index (κ1) is 29.8. The molecule has 4 N–H and O–H groups in total. The van der Waals surface area contributed by atoms with Crippen molar-refractivity contribution in [1.29, 1.82) is 0 Å². The number of carbonyl (C=O) groups is 4. The van der Waals surface area contributed by atoms with Crippen LogP contribution in [0, 0.1) is 0 Å². The lowest BCUT2D eigenvalue weighted by Gasteiger charge is -2.23. The second kappa shape index (κ2) is 14.4. The van der Waals surface area contributed by atoms with Crippen molar-refractivity contribution in [2.45, 2.75) is 65.3 Å². The molecule has 0 heterocycles. The van der Waals surface area contributed by atoms with E-state index in [-0.39, 0.29) is 31.8 Å². The van der Waals surface area contributed by atoms with Gasteiger partial charge in [0.15, 0.2) is 5.84 Å². The first-order valence-corrected chi connectivity index (χ1v) is 12.0. The molecule has 0 saturated heterocycles. The van der Waals surface area contributed by atoms with Gasteiger partial charge < -0.3 is 30.7 Å². The summed E-state index contributed by atoms with van der Waals surface area (Å²) in [5.74, 6) is -1.56. The van der Waals surface area contributed by atoms with Gasteiger partial charge in [-0.2, -0.15) is 0 Å². The first-order chi connectivity index (χ1) is 17.9. The molecule has 2 amide bonds. The van der Waals surface area contributed by atoms with Crippen LogP contribution in [-0.4, -0.2) is 41.4 Å². The SMILES string of the molecule is CC(=O)O/N=C(\N)c1ccc(CNC(=O)[C@H](CCC(=O)OCc2ccccc2)NC(=O)OC(C)(C)C)cc1. The standard InChI is InChI=1S/C27H34N4O7/c1-18(32)38-31-24(28)21-12-10-19(11-13-21)16-29-25(34)22(30-26(35)37-27(2,3)4)14-15-23(33)36-17-20-8-6-5-7-9-20/h5-13,22H,14-17H2,1-4H3,(H2,28,31)(H,29,34)(H,30,35)/t22-/m0/s1. The minimum absolute atomic E-state index is 0.0147. The number of rotatable bonds is 11. The predicted octanol–water partition coefficient (Wildman–Crippen LogP) is 2.90. The Balaban J connectivity index is 1.96. The summed E-state index contributed by atoms with van der Waals surface area (Å²) in [6.45, 7) is 6.58. The summed E-state index contributed by atoms with van der Waals surface area (Å²) >= 11 is 0. The molecular formula is C27H34N4O7. The molecule has 38 heavy (non-hydrogen) atoms. The zero-order valence-corrected chi connectivity index (χ0v) is 22.0. The van der Waals surface area contributed by atoms with Gasteiger partial charge in [-0.05, 0) is 38.3 Å². The van der Waals surface area contributed by atoms with Crippen LogP contribution in [0.15, 0.2) is 59.8 Å². The summed E-state index contributed by atoms with van der Waals surface area (Å²) in [7, 11) is 0. The van der Waals surface area contributed by atoms with E-state index in [1.807, 2.05) is 30.3 Å². The molecule has 2 rings (SSSR count). The highest BCUT2D eigenvalue weighted by Gasteiger charge is 2.25. The summed E-state index contributed by atoms with van der Waals surface area (Å²) in [5, 5.41) is 8.80. The van der Waals surface area contributed by atoms with Crippen molar-refractivity contribution in [2.75, 3.05) is 0 Å². The number of hydrogen-bond acceptors (Lipinski definition) is 8. The van der Waals surface area contributed by atoms with Gasteiger partial charge in [-0.1, -0.05) is 59.8 Å². The van der Waals surface area contributed by atoms with Crippen LogP contribution in [-0.2, 0) is 41.8 Å². The van der Waals surface area contributed by atoms with Gasteiger partial charge in [0.05, 0.1) is 0 Å². The Hall–Kier alpha value is -4.41. The molecular weight excluding hydrogens is 492 g/mol. The smallest absolute Gasteiger partial charge is 0.408 e. The number of carbonyl (C=O) groups excluding carboxylic acids is 4. The molecule has 0 bridgehead atoms. The predicted molar refractivity (Wildman–Crippen MR) is 139 cm³/mol. The number of oxime groups is 1. The van der Waals surface area contributed by atoms with Crippen molar-refractivity contribution in [2.24, 2.45) is 10.9 Å². The van der Waals surface area contributed by atoms with Crippen molar-refractivity contribution in [3.63, 3.8) is 0 Å². The van der Waals surface area contributed by atoms with Crippen molar-refractivity contribution in [3.05, 3.63) is 71.3 Å². The maximum absolute atomic E-state index is 12.9. The molecule has 0 aliphatic carbocycles. The van der Waals surface area contributed by atoms with Crippen LogP contribution in [0.25, 0.3) is 0 Å². The van der Waals surface area contributed by atoms with E-state index < -0.39 is 35.6 Å². The van der Waals surface area contributed by atoms with Crippen LogP contribution in [0.4, 0.5) is 4.79 Å². The third kappa shape index (κ3) is 11.5. The van der Waals surface area contributed by atoms with Crippen molar-refractivity contribution in [1.82, 2.24) is 10.6 Å². The fourth-order valence-corrected chi connectivity index (χ4v) is 3.06. The number of ether oxygens (including phenoxy) is 2. The number of nitrogens with zero attached hydrogens (tertiary/aromatic N) is 1. The lowest BCUT2D eigenvalue weighted by atomic mass is 10.1. The quantitative estimate of drug-likeness (QED) is 0.133. The Kier molecular flexibility index (Phi) is 11.3. The number of alkyl carbamates (subject to hydrolysis) is 1. The second-order valence-corrected chi connectivity index (χ2v) is 9.36. The monoisotopic (exact) mass is 526 g/mol. The van der Waals surface area contributed by atoms with E-state index in [0.717, 1.165) is 11.1 Å². The minimum atomic E-state index is -1.03. The first-order valence-electron chi connectivity index (χ1n) is 12.0. The molecule has 0 fully saturated rings. The average molecular weight is 527 g/mol. The zero-order chi connectivity index (χ0) is 28.1. The Morgan fingerprint density at radius 3 is 2.24 bits per heavy atom. The van der Waals surface area contributed by atoms with Gasteiger partial charge in [0.25, 0.3) is 0 Å². The fraction of sp³-hybridized carbons (Fsp3) is 0.370. The van der Waals surface area contributed by atoms with Crippen molar-refractivity contribution >= 4 is 29.8 Å². The molecule has 11 heteroatoms. The maximum Gasteiger partial charge on any atom is 0.408 e. The second-order valence-electron chi connectivity index (χ2n) is 9.36. The molecule has 11 nitrogen and oxygen atoms in total. The fourth-order valence-electron chi connectivity index (χ4n) is 3.06. The molecule has 2 aromatic carbocycles. The lowest BCUT2D eigenvalue weighted by Crippen LogP contribution is -2.48. The summed E-state index contributed by atoms with van der Waals surface area (Å²) in [5.41, 5.74) is 7.11. The van der Waals surface area contributed by atoms with Gasteiger partial charge in [0.2, 0.25) is 5.91 Å². The third-order valence-electron chi connectivity index (χ3n) is 4.88. The van der Waals surface area contributed by atoms with E-state index in [1.54, 1.807) is 45.0 Å². The number of amidine groups is 1. The molecule has 0 aliphatic heterocycles. The molecule has 204 valence electrons. The number of hydrogen-bond donors (Lipinski definition) is 3. The minimum Gasteiger partial charge on any atom is -0.461 e. The number of nitrogens with one attached hydrogen (secondary N) is 2. The van der Waals surface area contributed by atoms with Crippen LogP contribution in [0.3, 0.4) is 0 Å². The van der Waals surface area contributed by atoms with E-state index in [2.05, 4.69) is 20.6 Å². The van der Waals surface area contributed by atoms with E-state index >= 15 is 0 Å². The van der Waals surface area contributed by atoms with Gasteiger partial charge in [0, 0.05) is 25.5 Å². The molecule has 0 spiro atoms. The zero-order valence-electron chi connectivity index (χ0n) is 22.0. The molecule has 0 radical (unpaired) electrons. The summed E-state index contributed by atoms with van der Waals surface area (Å²) in [6, 6.07) is 14.9. The van der Waals surface area contributed by atoms with E-state index in [1.165, 1.54) is 6.92 Å². The molecule has 2 aromatic rings. The molecule has 0 saturated carbocycles. The van der Waals surface area contributed by atoms with Gasteiger partial charge in [-0.3, -0.25) is 9.59 Å². The summed E-state index contributed by atoms with van der Waals surface area (Å²) in [6.07, 6.45) is -0.848. The van der Waals surface area contributed by atoms with E-state index in [0.29, 0.717) is 5.56 Å². The highest BCUT2D eigenvalue weighted by molar-refractivity contribution is 5.97. The van der Waals surface area contributed by atoms with Crippen LogP contribution < -0.4 is 16.4 Å². The lowest BCUT2D eigenvalue weighted by molar-refractivity contribution is -0.145. The molecule has 0 aliphatic rings. The maximum atomic E-state index is 12.9. The number of benzene rings is 2. The average Bonchev–Trinajstić information content (AvgIpc) is 2.86. The Morgan fingerprint density at radius 1 is 0.974 bits per heavy atom. The van der Waals surface area contributed by atoms with Crippen molar-refractivity contribution < 1.29 is 33.5 Å². The molecule has 1 atom stereocenters. The summed E-state index contributed by atoms with van der Waals surface area (Å²) in [4.78, 5) is 52.9. The highest BCUT2D eigenvalue weighted by Crippen LogP contribution is 2.10. The molecule has 0 aromatic heterocycles. The van der Waals surface area contributed by atoms with Gasteiger partial charge >= 0.3 is 18.0 Å². The largest absolute Gasteiger partial charge is 0.461 e. The Bertz CT molecular complexity index is 1130. The van der Waals surface area contributed by atoms with Crippen LogP contribution in [0.1, 0.15) is 57.2 Å². The number of amides is 2. The number of nitrogens with two attached hydrogens (primary N) is 1. The van der Waals surface area contributed by atoms with E-state index in [4.69, 9.17) is 15.2 Å². The Morgan fingerprint density at radius 2 is 1.63 bits per heavy atom. The highest BCUT2D eigenvalue weighted by atomic mass is 16.7. The van der Waals surface area contributed by atoms with Crippen LogP contribution in [0.5, 0.6) is 0 Å². The van der Waals surface area contributed by atoms with Crippen LogP contribution >= 0.6 is 0 Å². The molecule has 0 unspecified atom stereocenters. The van der Waals surface area contributed by atoms with Crippen LogP contribution in [0.2, 0.25) is 0 Å². The van der Waals surface area contributed by atoms with Gasteiger partial charge in [-0.15, -0.1) is 0 Å². The number of esters is 1. The van der Waals surface area contributed by atoms with E-state index in [9.17, 15) is 19.2 Å². The summed E-state index contributed by atoms with van der Waals surface area (Å²) < 4.78 is 10.5. The van der Waals surface area contributed by atoms with Crippen molar-refractivity contribution in [3.8, 4) is 0 Å².